The van der Waals surface area contributed by atoms with Crippen LogP contribution in [-0.4, -0.2) is 10.9 Å². The van der Waals surface area contributed by atoms with Crippen LogP contribution in [-0.2, 0) is 0 Å². The number of benzene rings is 1. The van der Waals surface area contributed by atoms with Crippen molar-refractivity contribution in [1.82, 2.24) is 4.98 Å². The van der Waals surface area contributed by atoms with E-state index in [1.807, 2.05) is 36.4 Å². The highest BCUT2D eigenvalue weighted by molar-refractivity contribution is 5.97. The first-order chi connectivity index (χ1) is 7.29. The van der Waals surface area contributed by atoms with Crippen LogP contribution in [0.2, 0.25) is 0 Å². The van der Waals surface area contributed by atoms with E-state index in [1.165, 1.54) is 0 Å². The van der Waals surface area contributed by atoms with Gasteiger partial charge in [-0.1, -0.05) is 36.4 Å². The lowest BCUT2D eigenvalue weighted by atomic mass is 10.0. The molecule has 0 spiro atoms. The van der Waals surface area contributed by atoms with Gasteiger partial charge in [0.05, 0.1) is 0 Å². The highest BCUT2D eigenvalue weighted by Gasteiger charge is 2.09. The quantitative estimate of drug-likeness (QED) is 0.800. The van der Waals surface area contributed by atoms with Gasteiger partial charge >= 0.3 is 0 Å². The number of rotatable bonds is 2. The lowest BCUT2D eigenvalue weighted by molar-refractivity contribution is 0.0996. The van der Waals surface area contributed by atoms with E-state index in [4.69, 9.17) is 5.73 Å². The Kier molecular flexibility index (Phi) is 2.46. The van der Waals surface area contributed by atoms with Gasteiger partial charge in [-0.3, -0.25) is 9.78 Å². The molecule has 15 heavy (non-hydrogen) atoms. The van der Waals surface area contributed by atoms with Gasteiger partial charge in [0.2, 0.25) is 0 Å². The lowest BCUT2D eigenvalue weighted by Gasteiger charge is -2.04. The fraction of sp³-hybridized carbons (Fsp3) is 0. The van der Waals surface area contributed by atoms with E-state index in [-0.39, 0.29) is 0 Å². The number of hydrogen-bond donors (Lipinski definition) is 1. The van der Waals surface area contributed by atoms with Crippen molar-refractivity contribution < 1.29 is 4.79 Å². The van der Waals surface area contributed by atoms with Gasteiger partial charge in [-0.05, 0) is 11.6 Å². The first kappa shape index (κ1) is 9.40. The summed E-state index contributed by atoms with van der Waals surface area (Å²) in [7, 11) is 0. The maximum absolute atomic E-state index is 11.2. The summed E-state index contributed by atoms with van der Waals surface area (Å²) in [4.78, 5) is 15.1. The molecule has 1 heterocycles. The molecule has 0 saturated carbocycles. The summed E-state index contributed by atoms with van der Waals surface area (Å²) < 4.78 is 0. The van der Waals surface area contributed by atoms with Crippen LogP contribution in [0.3, 0.4) is 0 Å². The van der Waals surface area contributed by atoms with Crippen LogP contribution in [0.25, 0.3) is 11.1 Å². The normalized spacial score (nSPS) is 9.87. The van der Waals surface area contributed by atoms with Gasteiger partial charge in [0.25, 0.3) is 5.91 Å². The van der Waals surface area contributed by atoms with Gasteiger partial charge in [0, 0.05) is 11.8 Å². The fourth-order valence-electron chi connectivity index (χ4n) is 1.45. The smallest absolute Gasteiger partial charge is 0.267 e. The molecule has 3 nitrogen and oxygen atoms in total. The minimum absolute atomic E-state index is 0.309. The molecule has 0 unspecified atom stereocenters. The first-order valence-corrected chi connectivity index (χ1v) is 4.59. The number of carbonyl (C=O) groups is 1. The number of amides is 1. The summed E-state index contributed by atoms with van der Waals surface area (Å²) in [5.41, 5.74) is 7.27. The average Bonchev–Trinajstić information content (AvgIpc) is 2.30. The summed E-state index contributed by atoms with van der Waals surface area (Å²) in [6, 6.07) is 13.2. The molecule has 2 rings (SSSR count). The predicted octanol–water partition coefficient (Wildman–Crippen LogP) is 1.85. The Morgan fingerprint density at radius 3 is 2.47 bits per heavy atom. The molecule has 0 aliphatic rings. The summed E-state index contributed by atoms with van der Waals surface area (Å²) in [6.07, 6.45) is 1.56. The monoisotopic (exact) mass is 198 g/mol. The number of pyridine rings is 1. The highest BCUT2D eigenvalue weighted by Crippen LogP contribution is 2.20. The Bertz CT molecular complexity index is 480. The predicted molar refractivity (Wildman–Crippen MR) is 58.2 cm³/mol. The minimum Gasteiger partial charge on any atom is -0.364 e. The second-order valence-electron chi connectivity index (χ2n) is 3.13. The molecule has 2 aromatic rings. The molecule has 0 bridgehead atoms. The van der Waals surface area contributed by atoms with Crippen LogP contribution < -0.4 is 5.73 Å². The van der Waals surface area contributed by atoms with Gasteiger partial charge in [-0.15, -0.1) is 0 Å². The van der Waals surface area contributed by atoms with E-state index >= 15 is 0 Å². The molecule has 0 aliphatic heterocycles. The summed E-state index contributed by atoms with van der Waals surface area (Å²) in [5.74, 6) is -0.505. The molecule has 0 aliphatic carbocycles. The zero-order valence-corrected chi connectivity index (χ0v) is 8.05. The summed E-state index contributed by atoms with van der Waals surface area (Å²) >= 11 is 0. The van der Waals surface area contributed by atoms with Crippen molar-refractivity contribution in [2.75, 3.05) is 0 Å². The van der Waals surface area contributed by atoms with Crippen molar-refractivity contribution in [1.29, 1.82) is 0 Å². The van der Waals surface area contributed by atoms with Crippen LogP contribution in [0.1, 0.15) is 10.5 Å². The van der Waals surface area contributed by atoms with Crippen molar-refractivity contribution in [2.45, 2.75) is 0 Å². The van der Waals surface area contributed by atoms with Crippen molar-refractivity contribution in [3.05, 3.63) is 54.4 Å². The molecule has 0 saturated heterocycles. The molecule has 0 atom stereocenters. The highest BCUT2D eigenvalue weighted by atomic mass is 16.1. The number of primary amides is 1. The second-order valence-corrected chi connectivity index (χ2v) is 3.13. The van der Waals surface area contributed by atoms with Crippen LogP contribution in [0.4, 0.5) is 0 Å². The van der Waals surface area contributed by atoms with Crippen LogP contribution in [0.15, 0.2) is 48.7 Å². The maximum Gasteiger partial charge on any atom is 0.267 e. The van der Waals surface area contributed by atoms with Crippen molar-refractivity contribution >= 4 is 5.91 Å². The van der Waals surface area contributed by atoms with Gasteiger partial charge in [-0.2, -0.15) is 0 Å². The zero-order valence-electron chi connectivity index (χ0n) is 8.05. The molecule has 3 heteroatoms. The van der Waals surface area contributed by atoms with E-state index < -0.39 is 5.91 Å². The Morgan fingerprint density at radius 2 is 1.80 bits per heavy atom. The van der Waals surface area contributed by atoms with E-state index in [9.17, 15) is 4.79 Å². The number of aromatic nitrogens is 1. The molecule has 2 N–H and O–H groups in total. The van der Waals surface area contributed by atoms with Crippen LogP contribution >= 0.6 is 0 Å². The van der Waals surface area contributed by atoms with Gasteiger partial charge in [-0.25, -0.2) is 0 Å². The standard InChI is InChI=1S/C12H10N2O/c13-12(15)11-10(7-4-8-14-11)9-5-2-1-3-6-9/h1-8H,(H2,13,15). The molecule has 1 aromatic carbocycles. The molecule has 74 valence electrons. The van der Waals surface area contributed by atoms with Crippen molar-refractivity contribution in [3.63, 3.8) is 0 Å². The summed E-state index contributed by atoms with van der Waals surface area (Å²) in [5, 5.41) is 0. The first-order valence-electron chi connectivity index (χ1n) is 4.59. The number of carbonyl (C=O) groups excluding carboxylic acids is 1. The molecular weight excluding hydrogens is 188 g/mol. The Labute approximate surface area is 87.6 Å². The summed E-state index contributed by atoms with van der Waals surface area (Å²) in [6.45, 7) is 0. The third kappa shape index (κ3) is 1.86. The molecule has 0 fully saturated rings. The lowest BCUT2D eigenvalue weighted by Crippen LogP contribution is -2.14. The van der Waals surface area contributed by atoms with Crippen molar-refractivity contribution in [2.24, 2.45) is 5.73 Å². The Hall–Kier alpha value is -2.16. The van der Waals surface area contributed by atoms with Gasteiger partial charge < -0.3 is 5.73 Å². The average molecular weight is 198 g/mol. The van der Waals surface area contributed by atoms with Crippen molar-refractivity contribution in [3.8, 4) is 11.1 Å². The third-order valence-corrected chi connectivity index (χ3v) is 2.13. The largest absolute Gasteiger partial charge is 0.364 e. The van der Waals surface area contributed by atoms with E-state index in [2.05, 4.69) is 4.98 Å². The maximum atomic E-state index is 11.2. The molecular formula is C12H10N2O. The third-order valence-electron chi connectivity index (χ3n) is 2.13. The molecule has 1 amide bonds. The second kappa shape index (κ2) is 3.92. The van der Waals surface area contributed by atoms with E-state index in [0.717, 1.165) is 11.1 Å². The van der Waals surface area contributed by atoms with Gasteiger partial charge in [0.1, 0.15) is 5.69 Å². The minimum atomic E-state index is -0.505. The molecule has 1 aromatic heterocycles. The molecule has 0 radical (unpaired) electrons. The number of hydrogen-bond acceptors (Lipinski definition) is 2. The Balaban J connectivity index is 2.58. The topological polar surface area (TPSA) is 56.0 Å². The van der Waals surface area contributed by atoms with E-state index in [1.54, 1.807) is 12.3 Å². The fourth-order valence-corrected chi connectivity index (χ4v) is 1.45. The number of nitrogens with zero attached hydrogens (tertiary/aromatic N) is 1. The van der Waals surface area contributed by atoms with Gasteiger partial charge in [0.15, 0.2) is 0 Å². The Morgan fingerprint density at radius 1 is 1.07 bits per heavy atom. The van der Waals surface area contributed by atoms with Crippen LogP contribution in [0.5, 0.6) is 0 Å². The number of nitrogens with two attached hydrogens (primary N) is 1. The van der Waals surface area contributed by atoms with Crippen LogP contribution in [0, 0.1) is 0 Å². The SMILES string of the molecule is NC(=O)c1ncccc1-c1ccccc1. The zero-order chi connectivity index (χ0) is 10.7. The van der Waals surface area contributed by atoms with E-state index in [0.29, 0.717) is 5.69 Å².